The Kier molecular flexibility index (Phi) is 4.12. The second kappa shape index (κ2) is 5.16. The quantitative estimate of drug-likeness (QED) is 0.779. The van der Waals surface area contributed by atoms with Gasteiger partial charge in [0.1, 0.15) is 0 Å². The predicted octanol–water partition coefficient (Wildman–Crippen LogP) is 1.51. The third-order valence-electron chi connectivity index (χ3n) is 2.73. The van der Waals surface area contributed by atoms with Gasteiger partial charge in [-0.05, 0) is 20.8 Å². The summed E-state index contributed by atoms with van der Waals surface area (Å²) in [6.07, 6.45) is 1.95. The molecule has 1 unspecified atom stereocenters. The number of rotatable bonds is 4. The highest BCUT2D eigenvalue weighted by molar-refractivity contribution is 5.31. The summed E-state index contributed by atoms with van der Waals surface area (Å²) in [5, 5.41) is 0. The molecular formula is C12H19NO3. The van der Waals surface area contributed by atoms with Crippen molar-refractivity contribution in [3.63, 3.8) is 0 Å². The first-order chi connectivity index (χ1) is 7.51. The van der Waals surface area contributed by atoms with Crippen LogP contribution in [-0.2, 0) is 11.3 Å². The number of methoxy groups -OCH3 is 2. The van der Waals surface area contributed by atoms with Gasteiger partial charge in [-0.1, -0.05) is 0 Å². The predicted molar refractivity (Wildman–Crippen MR) is 63.2 cm³/mol. The molecule has 0 bridgehead atoms. The maximum atomic E-state index is 11.8. The van der Waals surface area contributed by atoms with Crippen LogP contribution in [-0.4, -0.2) is 24.9 Å². The van der Waals surface area contributed by atoms with Crippen LogP contribution in [0.3, 0.4) is 0 Å². The summed E-state index contributed by atoms with van der Waals surface area (Å²) in [7, 11) is 3.19. The summed E-state index contributed by atoms with van der Waals surface area (Å²) in [4.78, 5) is 11.8. The molecule has 0 aliphatic heterocycles. The molecule has 0 N–H and O–H groups in total. The van der Waals surface area contributed by atoms with Crippen LogP contribution in [0.15, 0.2) is 11.0 Å². The molecule has 0 aliphatic rings. The second-order valence-corrected chi connectivity index (χ2v) is 3.96. The molecule has 0 amide bonds. The fourth-order valence-corrected chi connectivity index (χ4v) is 1.64. The van der Waals surface area contributed by atoms with Crippen LogP contribution in [0.25, 0.3) is 0 Å². The summed E-state index contributed by atoms with van der Waals surface area (Å²) in [6.45, 7) is 6.36. The summed E-state index contributed by atoms with van der Waals surface area (Å²) in [5.74, 6) is 0.420. The minimum atomic E-state index is -0.0404. The SMILES string of the molecule is COc1c(C)n(CC(C)OC)cc(C)c1=O. The molecular weight excluding hydrogens is 206 g/mol. The highest BCUT2D eigenvalue weighted by atomic mass is 16.5. The molecule has 1 aromatic heterocycles. The zero-order chi connectivity index (χ0) is 12.3. The number of hydrogen-bond acceptors (Lipinski definition) is 3. The lowest BCUT2D eigenvalue weighted by atomic mass is 10.2. The van der Waals surface area contributed by atoms with E-state index in [2.05, 4.69) is 0 Å². The van der Waals surface area contributed by atoms with Gasteiger partial charge in [-0.2, -0.15) is 0 Å². The van der Waals surface area contributed by atoms with Crippen molar-refractivity contribution in [1.82, 2.24) is 4.57 Å². The Labute approximate surface area is 95.8 Å². The van der Waals surface area contributed by atoms with E-state index in [1.807, 2.05) is 24.6 Å². The van der Waals surface area contributed by atoms with Crippen molar-refractivity contribution < 1.29 is 9.47 Å². The van der Waals surface area contributed by atoms with Crippen LogP contribution in [0.2, 0.25) is 0 Å². The number of pyridine rings is 1. The molecule has 0 fully saturated rings. The first-order valence-corrected chi connectivity index (χ1v) is 5.28. The maximum Gasteiger partial charge on any atom is 0.226 e. The van der Waals surface area contributed by atoms with Crippen LogP contribution in [0.5, 0.6) is 5.75 Å². The average Bonchev–Trinajstić information content (AvgIpc) is 2.26. The van der Waals surface area contributed by atoms with Gasteiger partial charge in [0.05, 0.1) is 18.9 Å². The summed E-state index contributed by atoms with van der Waals surface area (Å²) in [5.41, 5.74) is 1.48. The van der Waals surface area contributed by atoms with Crippen LogP contribution in [0.1, 0.15) is 18.2 Å². The average molecular weight is 225 g/mol. The van der Waals surface area contributed by atoms with Gasteiger partial charge in [0.15, 0.2) is 5.75 Å². The Bertz CT molecular complexity index is 423. The first kappa shape index (κ1) is 12.8. The van der Waals surface area contributed by atoms with Gasteiger partial charge in [0, 0.05) is 25.4 Å². The number of aromatic nitrogens is 1. The Balaban J connectivity index is 3.21. The molecule has 1 atom stereocenters. The van der Waals surface area contributed by atoms with Crippen molar-refractivity contribution in [1.29, 1.82) is 0 Å². The highest BCUT2D eigenvalue weighted by Crippen LogP contribution is 2.14. The number of nitrogens with zero attached hydrogens (tertiary/aromatic N) is 1. The standard InChI is InChI=1S/C12H19NO3/c1-8-6-13(7-9(2)15-4)10(3)12(16-5)11(8)14/h6,9H,7H2,1-5H3. The van der Waals surface area contributed by atoms with Crippen molar-refractivity contribution in [2.24, 2.45) is 0 Å². The van der Waals surface area contributed by atoms with E-state index in [9.17, 15) is 4.79 Å². The van der Waals surface area contributed by atoms with E-state index in [0.29, 0.717) is 17.9 Å². The van der Waals surface area contributed by atoms with Gasteiger partial charge in [-0.15, -0.1) is 0 Å². The normalized spacial score (nSPS) is 12.6. The Morgan fingerprint density at radius 2 is 2.00 bits per heavy atom. The van der Waals surface area contributed by atoms with Gasteiger partial charge in [0.25, 0.3) is 0 Å². The molecule has 16 heavy (non-hydrogen) atoms. The molecule has 0 saturated carbocycles. The summed E-state index contributed by atoms with van der Waals surface area (Å²) >= 11 is 0. The van der Waals surface area contributed by atoms with Gasteiger partial charge >= 0.3 is 0 Å². The van der Waals surface area contributed by atoms with E-state index >= 15 is 0 Å². The van der Waals surface area contributed by atoms with E-state index in [1.165, 1.54) is 7.11 Å². The smallest absolute Gasteiger partial charge is 0.226 e. The molecule has 0 aromatic carbocycles. The van der Waals surface area contributed by atoms with Crippen molar-refractivity contribution in [3.05, 3.63) is 27.7 Å². The Hall–Kier alpha value is -1.29. The largest absolute Gasteiger partial charge is 0.491 e. The molecule has 0 spiro atoms. The third kappa shape index (κ3) is 2.44. The number of ether oxygens (including phenoxy) is 2. The third-order valence-corrected chi connectivity index (χ3v) is 2.73. The molecule has 0 radical (unpaired) electrons. The summed E-state index contributed by atoms with van der Waals surface area (Å²) < 4.78 is 12.3. The number of aryl methyl sites for hydroxylation is 1. The van der Waals surface area contributed by atoms with Crippen LogP contribution in [0.4, 0.5) is 0 Å². The molecule has 90 valence electrons. The lowest BCUT2D eigenvalue weighted by Crippen LogP contribution is -2.21. The van der Waals surface area contributed by atoms with Crippen LogP contribution < -0.4 is 10.2 Å². The van der Waals surface area contributed by atoms with Gasteiger partial charge in [-0.25, -0.2) is 0 Å². The topological polar surface area (TPSA) is 40.5 Å². The van der Waals surface area contributed by atoms with E-state index in [1.54, 1.807) is 14.0 Å². The van der Waals surface area contributed by atoms with Crippen molar-refractivity contribution in [2.45, 2.75) is 33.4 Å². The second-order valence-electron chi connectivity index (χ2n) is 3.96. The van der Waals surface area contributed by atoms with Gasteiger partial charge < -0.3 is 14.0 Å². The Morgan fingerprint density at radius 1 is 1.38 bits per heavy atom. The van der Waals surface area contributed by atoms with Gasteiger partial charge in [-0.3, -0.25) is 4.79 Å². The minimum absolute atomic E-state index is 0.0404. The highest BCUT2D eigenvalue weighted by Gasteiger charge is 2.12. The first-order valence-electron chi connectivity index (χ1n) is 5.28. The van der Waals surface area contributed by atoms with E-state index in [-0.39, 0.29) is 11.5 Å². The van der Waals surface area contributed by atoms with Crippen molar-refractivity contribution >= 4 is 0 Å². The fourth-order valence-electron chi connectivity index (χ4n) is 1.64. The molecule has 4 nitrogen and oxygen atoms in total. The maximum absolute atomic E-state index is 11.8. The van der Waals surface area contributed by atoms with E-state index in [0.717, 1.165) is 5.69 Å². The lowest BCUT2D eigenvalue weighted by Gasteiger charge is -2.17. The van der Waals surface area contributed by atoms with Crippen molar-refractivity contribution in [3.8, 4) is 5.75 Å². The molecule has 1 heterocycles. The van der Waals surface area contributed by atoms with Crippen LogP contribution >= 0.6 is 0 Å². The zero-order valence-electron chi connectivity index (χ0n) is 10.5. The zero-order valence-corrected chi connectivity index (χ0v) is 10.5. The fraction of sp³-hybridized carbons (Fsp3) is 0.583. The molecule has 1 aromatic rings. The van der Waals surface area contributed by atoms with E-state index < -0.39 is 0 Å². The minimum Gasteiger partial charge on any atom is -0.491 e. The Morgan fingerprint density at radius 3 is 2.50 bits per heavy atom. The van der Waals surface area contributed by atoms with Crippen molar-refractivity contribution in [2.75, 3.05) is 14.2 Å². The van der Waals surface area contributed by atoms with Gasteiger partial charge in [0.2, 0.25) is 5.43 Å². The van der Waals surface area contributed by atoms with E-state index in [4.69, 9.17) is 9.47 Å². The summed E-state index contributed by atoms with van der Waals surface area (Å²) in [6, 6.07) is 0. The molecule has 0 saturated heterocycles. The molecule has 4 heteroatoms. The van der Waals surface area contributed by atoms with Crippen LogP contribution in [0, 0.1) is 13.8 Å². The molecule has 1 rings (SSSR count). The molecule has 0 aliphatic carbocycles. The lowest BCUT2D eigenvalue weighted by molar-refractivity contribution is 0.102. The monoisotopic (exact) mass is 225 g/mol. The number of hydrogen-bond donors (Lipinski definition) is 0.